The number of hydrogen-bond acceptors (Lipinski definition) is 3. The standard InChI is InChI=1S/C13H15ClN4/c1-8-2-3-10(11(14)6-8)7-18-12(9-4-5-9)13(15)16-17-18/h2-3,6,9H,4-5,7,15H2,1H3. The van der Waals surface area contributed by atoms with Crippen LogP contribution in [0.2, 0.25) is 5.02 Å². The van der Waals surface area contributed by atoms with Crippen LogP contribution in [0.3, 0.4) is 0 Å². The number of nitrogen functional groups attached to an aromatic ring is 1. The number of halogens is 1. The predicted molar refractivity (Wildman–Crippen MR) is 71.7 cm³/mol. The topological polar surface area (TPSA) is 56.7 Å². The average Bonchev–Trinajstić information content (AvgIpc) is 3.08. The van der Waals surface area contributed by atoms with Gasteiger partial charge in [-0.2, -0.15) is 0 Å². The quantitative estimate of drug-likeness (QED) is 0.925. The molecule has 1 fully saturated rings. The van der Waals surface area contributed by atoms with E-state index in [-0.39, 0.29) is 0 Å². The van der Waals surface area contributed by atoms with Gasteiger partial charge in [-0.05, 0) is 37.0 Å². The third-order valence-corrected chi connectivity index (χ3v) is 3.65. The Hall–Kier alpha value is -1.55. The number of hydrogen-bond donors (Lipinski definition) is 1. The van der Waals surface area contributed by atoms with Gasteiger partial charge in [0, 0.05) is 10.9 Å². The van der Waals surface area contributed by atoms with Crippen LogP contribution < -0.4 is 5.73 Å². The van der Waals surface area contributed by atoms with Crippen molar-refractivity contribution in [2.24, 2.45) is 0 Å². The summed E-state index contributed by atoms with van der Waals surface area (Å²) in [5.41, 5.74) is 9.14. The Kier molecular flexibility index (Phi) is 2.74. The molecule has 0 radical (unpaired) electrons. The summed E-state index contributed by atoms with van der Waals surface area (Å²) >= 11 is 6.24. The van der Waals surface area contributed by atoms with Gasteiger partial charge in [0.25, 0.3) is 0 Å². The minimum Gasteiger partial charge on any atom is -0.381 e. The fourth-order valence-electron chi connectivity index (χ4n) is 2.17. The molecule has 2 N–H and O–H groups in total. The SMILES string of the molecule is Cc1ccc(Cn2nnc(N)c2C2CC2)c(Cl)c1. The number of benzene rings is 1. The molecule has 2 aromatic rings. The van der Waals surface area contributed by atoms with Gasteiger partial charge in [0.2, 0.25) is 0 Å². The molecule has 1 aromatic heterocycles. The number of nitrogens with zero attached hydrogens (tertiary/aromatic N) is 3. The van der Waals surface area contributed by atoms with Gasteiger partial charge < -0.3 is 5.73 Å². The largest absolute Gasteiger partial charge is 0.381 e. The molecule has 5 heteroatoms. The Labute approximate surface area is 111 Å². The van der Waals surface area contributed by atoms with Crippen LogP contribution in [-0.4, -0.2) is 15.0 Å². The molecule has 94 valence electrons. The average molecular weight is 263 g/mol. The molecule has 1 aliphatic rings. The second kappa shape index (κ2) is 4.28. The van der Waals surface area contributed by atoms with Crippen molar-refractivity contribution in [3.63, 3.8) is 0 Å². The van der Waals surface area contributed by atoms with Crippen molar-refractivity contribution in [2.45, 2.75) is 32.2 Å². The first-order chi connectivity index (χ1) is 8.65. The van der Waals surface area contributed by atoms with E-state index in [1.165, 1.54) is 12.8 Å². The normalized spacial score (nSPS) is 15.0. The second-order valence-electron chi connectivity index (χ2n) is 4.89. The van der Waals surface area contributed by atoms with Crippen LogP contribution in [0.25, 0.3) is 0 Å². The van der Waals surface area contributed by atoms with Crippen LogP contribution >= 0.6 is 11.6 Å². The zero-order valence-electron chi connectivity index (χ0n) is 10.2. The maximum absolute atomic E-state index is 6.24. The van der Waals surface area contributed by atoms with E-state index in [4.69, 9.17) is 17.3 Å². The van der Waals surface area contributed by atoms with Crippen molar-refractivity contribution in [1.29, 1.82) is 0 Å². The van der Waals surface area contributed by atoms with Gasteiger partial charge in [0.1, 0.15) is 0 Å². The van der Waals surface area contributed by atoms with Crippen LogP contribution in [0, 0.1) is 6.92 Å². The third kappa shape index (κ3) is 2.08. The summed E-state index contributed by atoms with van der Waals surface area (Å²) in [6.45, 7) is 2.66. The Morgan fingerprint density at radius 3 is 2.89 bits per heavy atom. The molecule has 0 saturated heterocycles. The molecule has 4 nitrogen and oxygen atoms in total. The molecule has 0 spiro atoms. The lowest BCUT2D eigenvalue weighted by molar-refractivity contribution is 0.619. The number of aryl methyl sites for hydroxylation is 1. The summed E-state index contributed by atoms with van der Waals surface area (Å²) in [6.07, 6.45) is 2.36. The summed E-state index contributed by atoms with van der Waals surface area (Å²) in [5, 5.41) is 8.86. The first-order valence-corrected chi connectivity index (χ1v) is 6.47. The van der Waals surface area contributed by atoms with Crippen molar-refractivity contribution in [2.75, 3.05) is 5.73 Å². The van der Waals surface area contributed by atoms with Gasteiger partial charge in [-0.15, -0.1) is 5.10 Å². The highest BCUT2D eigenvalue weighted by molar-refractivity contribution is 6.31. The Balaban J connectivity index is 1.92. The lowest BCUT2D eigenvalue weighted by atomic mass is 10.1. The minimum atomic E-state index is 0.532. The molecule has 1 heterocycles. The van der Waals surface area contributed by atoms with Crippen molar-refractivity contribution in [3.05, 3.63) is 40.0 Å². The predicted octanol–water partition coefficient (Wildman–Crippen LogP) is 2.75. The molecule has 0 aliphatic heterocycles. The van der Waals surface area contributed by atoms with Gasteiger partial charge in [-0.1, -0.05) is 28.9 Å². The molecule has 18 heavy (non-hydrogen) atoms. The van der Waals surface area contributed by atoms with Crippen molar-refractivity contribution < 1.29 is 0 Å². The molecule has 1 aliphatic carbocycles. The van der Waals surface area contributed by atoms with E-state index in [1.54, 1.807) is 0 Å². The zero-order valence-corrected chi connectivity index (χ0v) is 11.0. The molecule has 0 amide bonds. The fraction of sp³-hybridized carbons (Fsp3) is 0.385. The fourth-order valence-corrected chi connectivity index (χ4v) is 2.46. The maximum Gasteiger partial charge on any atom is 0.169 e. The van der Waals surface area contributed by atoms with Gasteiger partial charge in [0.15, 0.2) is 5.82 Å². The molecule has 1 aromatic carbocycles. The Morgan fingerprint density at radius 2 is 2.22 bits per heavy atom. The Bertz CT molecular complexity index is 587. The molecule has 0 bridgehead atoms. The van der Waals surface area contributed by atoms with Crippen LogP contribution in [0.5, 0.6) is 0 Å². The van der Waals surface area contributed by atoms with Crippen LogP contribution in [0.4, 0.5) is 5.82 Å². The number of rotatable bonds is 3. The van der Waals surface area contributed by atoms with E-state index in [2.05, 4.69) is 16.4 Å². The van der Waals surface area contributed by atoms with Crippen molar-refractivity contribution >= 4 is 17.4 Å². The first-order valence-electron chi connectivity index (χ1n) is 6.09. The molecule has 3 rings (SSSR count). The van der Waals surface area contributed by atoms with E-state index in [1.807, 2.05) is 23.7 Å². The zero-order chi connectivity index (χ0) is 12.7. The van der Waals surface area contributed by atoms with Crippen LogP contribution in [0.15, 0.2) is 18.2 Å². The van der Waals surface area contributed by atoms with Crippen LogP contribution in [-0.2, 0) is 6.54 Å². The van der Waals surface area contributed by atoms with Crippen molar-refractivity contribution in [1.82, 2.24) is 15.0 Å². The number of anilines is 1. The lowest BCUT2D eigenvalue weighted by Crippen LogP contribution is -2.07. The van der Waals surface area contributed by atoms with E-state index < -0.39 is 0 Å². The monoisotopic (exact) mass is 262 g/mol. The van der Waals surface area contributed by atoms with E-state index in [9.17, 15) is 0 Å². The van der Waals surface area contributed by atoms with E-state index in [0.717, 1.165) is 21.8 Å². The maximum atomic E-state index is 6.24. The third-order valence-electron chi connectivity index (χ3n) is 3.29. The van der Waals surface area contributed by atoms with Gasteiger partial charge in [-0.3, -0.25) is 0 Å². The van der Waals surface area contributed by atoms with Crippen LogP contribution in [0.1, 0.15) is 35.6 Å². The molecular weight excluding hydrogens is 248 g/mol. The molecule has 0 unspecified atom stereocenters. The minimum absolute atomic E-state index is 0.532. The number of aromatic nitrogens is 3. The first kappa shape index (κ1) is 11.5. The summed E-state index contributed by atoms with van der Waals surface area (Å²) < 4.78 is 1.88. The van der Waals surface area contributed by atoms with E-state index >= 15 is 0 Å². The highest BCUT2D eigenvalue weighted by Gasteiger charge is 2.30. The lowest BCUT2D eigenvalue weighted by Gasteiger charge is -2.08. The highest BCUT2D eigenvalue weighted by Crippen LogP contribution is 2.42. The smallest absolute Gasteiger partial charge is 0.169 e. The second-order valence-corrected chi connectivity index (χ2v) is 5.29. The van der Waals surface area contributed by atoms with Gasteiger partial charge >= 0.3 is 0 Å². The van der Waals surface area contributed by atoms with E-state index in [0.29, 0.717) is 18.3 Å². The molecule has 0 atom stereocenters. The molecular formula is C13H15ClN4. The molecule has 1 saturated carbocycles. The summed E-state index contributed by atoms with van der Waals surface area (Å²) in [5.74, 6) is 1.09. The Morgan fingerprint density at radius 1 is 1.44 bits per heavy atom. The highest BCUT2D eigenvalue weighted by atomic mass is 35.5. The van der Waals surface area contributed by atoms with Gasteiger partial charge in [-0.25, -0.2) is 4.68 Å². The summed E-state index contributed by atoms with van der Waals surface area (Å²) in [7, 11) is 0. The van der Waals surface area contributed by atoms with Crippen molar-refractivity contribution in [3.8, 4) is 0 Å². The number of nitrogens with two attached hydrogens (primary N) is 1. The summed E-state index contributed by atoms with van der Waals surface area (Å²) in [6, 6.07) is 6.05. The summed E-state index contributed by atoms with van der Waals surface area (Å²) in [4.78, 5) is 0. The van der Waals surface area contributed by atoms with Gasteiger partial charge in [0.05, 0.1) is 12.2 Å².